The highest BCUT2D eigenvalue weighted by molar-refractivity contribution is 7.15. The molecule has 0 amide bonds. The molecule has 0 aliphatic heterocycles. The van der Waals surface area contributed by atoms with Crippen molar-refractivity contribution in [3.63, 3.8) is 0 Å². The summed E-state index contributed by atoms with van der Waals surface area (Å²) in [5.74, 6) is 1.90. The number of aryl methyl sites for hydroxylation is 2. The maximum Gasteiger partial charge on any atom is 0.171 e. The normalized spacial score (nSPS) is 14.8. The molecule has 0 radical (unpaired) electrons. The van der Waals surface area contributed by atoms with Gasteiger partial charge in [-0.1, -0.05) is 6.42 Å². The third kappa shape index (κ3) is 2.50. The predicted molar refractivity (Wildman–Crippen MR) is 80.9 cm³/mol. The zero-order valence-electron chi connectivity index (χ0n) is 11.5. The van der Waals surface area contributed by atoms with Crippen molar-refractivity contribution in [1.82, 2.24) is 9.97 Å². The molecule has 0 bridgehead atoms. The largest absolute Gasteiger partial charge is 0.373 e. The van der Waals surface area contributed by atoms with Crippen molar-refractivity contribution in [1.29, 1.82) is 0 Å². The maximum atomic E-state index is 4.82. The van der Waals surface area contributed by atoms with Crippen LogP contribution in [0, 0.1) is 6.92 Å². The molecule has 1 N–H and O–H groups in total. The molecular weight excluding hydrogens is 254 g/mol. The minimum absolute atomic E-state index is 0.878. The van der Waals surface area contributed by atoms with Gasteiger partial charge in [0.05, 0.1) is 4.88 Å². The quantitative estimate of drug-likeness (QED) is 0.845. The lowest BCUT2D eigenvalue weighted by Crippen LogP contribution is -2.06. The SMILES string of the molecule is CNc1nc(-c2ccc(C)s2)nc2c1CCCCC2. The van der Waals surface area contributed by atoms with E-state index in [9.17, 15) is 0 Å². The van der Waals surface area contributed by atoms with Crippen LogP contribution in [-0.2, 0) is 12.8 Å². The molecule has 2 heterocycles. The standard InChI is InChI=1S/C15H19N3S/c1-10-8-9-13(19-10)15-17-12-7-5-3-4-6-11(12)14(16-2)18-15/h8-9H,3-7H2,1-2H3,(H,16,17,18). The molecule has 0 aromatic carbocycles. The second-order valence-corrected chi connectivity index (χ2v) is 6.33. The highest BCUT2D eigenvalue weighted by atomic mass is 32.1. The molecule has 0 unspecified atom stereocenters. The van der Waals surface area contributed by atoms with Gasteiger partial charge in [-0.15, -0.1) is 11.3 Å². The van der Waals surface area contributed by atoms with Crippen LogP contribution in [-0.4, -0.2) is 17.0 Å². The first kappa shape index (κ1) is 12.6. The van der Waals surface area contributed by atoms with Crippen molar-refractivity contribution >= 4 is 17.2 Å². The molecule has 4 heteroatoms. The lowest BCUT2D eigenvalue weighted by molar-refractivity contribution is 0.709. The fraction of sp³-hybridized carbons (Fsp3) is 0.467. The zero-order chi connectivity index (χ0) is 13.2. The third-order valence-corrected chi connectivity index (χ3v) is 4.63. The molecule has 2 aromatic rings. The van der Waals surface area contributed by atoms with E-state index in [4.69, 9.17) is 9.97 Å². The van der Waals surface area contributed by atoms with Gasteiger partial charge < -0.3 is 5.32 Å². The van der Waals surface area contributed by atoms with Crippen molar-refractivity contribution in [2.24, 2.45) is 0 Å². The first-order chi connectivity index (χ1) is 9.28. The summed E-state index contributed by atoms with van der Waals surface area (Å²) in [5.41, 5.74) is 2.58. The molecule has 1 aliphatic carbocycles. The highest BCUT2D eigenvalue weighted by Gasteiger charge is 2.17. The molecule has 3 nitrogen and oxygen atoms in total. The number of hydrogen-bond donors (Lipinski definition) is 1. The van der Waals surface area contributed by atoms with Crippen LogP contribution in [0.15, 0.2) is 12.1 Å². The molecule has 3 rings (SSSR count). The molecule has 0 spiro atoms. The van der Waals surface area contributed by atoms with Crippen molar-refractivity contribution in [3.8, 4) is 10.7 Å². The molecule has 0 atom stereocenters. The lowest BCUT2D eigenvalue weighted by atomic mass is 10.1. The molecule has 100 valence electrons. The molecule has 1 aliphatic rings. The summed E-state index contributed by atoms with van der Waals surface area (Å²) in [4.78, 5) is 12.0. The fourth-order valence-corrected chi connectivity index (χ4v) is 3.44. The van der Waals surface area contributed by atoms with Crippen LogP contribution >= 0.6 is 11.3 Å². The van der Waals surface area contributed by atoms with E-state index in [1.165, 1.54) is 40.3 Å². The summed E-state index contributed by atoms with van der Waals surface area (Å²) in [6.45, 7) is 2.12. The van der Waals surface area contributed by atoms with Gasteiger partial charge in [0.15, 0.2) is 5.82 Å². The Labute approximate surface area is 118 Å². The van der Waals surface area contributed by atoms with Crippen molar-refractivity contribution < 1.29 is 0 Å². The Kier molecular flexibility index (Phi) is 3.51. The Morgan fingerprint density at radius 1 is 1.11 bits per heavy atom. The summed E-state index contributed by atoms with van der Waals surface area (Å²) in [5, 5.41) is 3.25. The van der Waals surface area contributed by atoms with E-state index in [0.717, 1.165) is 24.5 Å². The maximum absolute atomic E-state index is 4.82. The van der Waals surface area contributed by atoms with Crippen LogP contribution in [0.3, 0.4) is 0 Å². The van der Waals surface area contributed by atoms with Gasteiger partial charge in [0, 0.05) is 23.2 Å². The van der Waals surface area contributed by atoms with Crippen LogP contribution < -0.4 is 5.32 Å². The van der Waals surface area contributed by atoms with E-state index in [0.29, 0.717) is 0 Å². The average molecular weight is 273 g/mol. The van der Waals surface area contributed by atoms with Crippen molar-refractivity contribution in [2.75, 3.05) is 12.4 Å². The number of nitrogens with zero attached hydrogens (tertiary/aromatic N) is 2. The van der Waals surface area contributed by atoms with E-state index in [1.807, 2.05) is 7.05 Å². The van der Waals surface area contributed by atoms with Crippen molar-refractivity contribution in [2.45, 2.75) is 39.0 Å². The average Bonchev–Trinajstić information content (AvgIpc) is 2.72. The van der Waals surface area contributed by atoms with Gasteiger partial charge in [-0.25, -0.2) is 9.97 Å². The summed E-state index contributed by atoms with van der Waals surface area (Å²) < 4.78 is 0. The number of nitrogens with one attached hydrogen (secondary N) is 1. The van der Waals surface area contributed by atoms with Gasteiger partial charge in [0.2, 0.25) is 0 Å². The Balaban J connectivity index is 2.09. The summed E-state index contributed by atoms with van der Waals surface area (Å²) in [7, 11) is 1.96. The van der Waals surface area contributed by atoms with Gasteiger partial charge in [-0.2, -0.15) is 0 Å². The lowest BCUT2D eigenvalue weighted by Gasteiger charge is -2.12. The van der Waals surface area contributed by atoms with E-state index in [1.54, 1.807) is 11.3 Å². The van der Waals surface area contributed by atoms with Gasteiger partial charge in [0.1, 0.15) is 5.82 Å². The van der Waals surface area contributed by atoms with Gasteiger partial charge in [-0.3, -0.25) is 0 Å². The molecule has 0 fully saturated rings. The van der Waals surface area contributed by atoms with E-state index in [-0.39, 0.29) is 0 Å². The van der Waals surface area contributed by atoms with Crippen LogP contribution in [0.1, 0.15) is 35.4 Å². The third-order valence-electron chi connectivity index (χ3n) is 3.63. The summed E-state index contributed by atoms with van der Waals surface area (Å²) in [6, 6.07) is 4.26. The number of hydrogen-bond acceptors (Lipinski definition) is 4. The summed E-state index contributed by atoms with van der Waals surface area (Å²) in [6.07, 6.45) is 5.99. The smallest absolute Gasteiger partial charge is 0.171 e. The zero-order valence-corrected chi connectivity index (χ0v) is 12.3. The molecule has 19 heavy (non-hydrogen) atoms. The van der Waals surface area contributed by atoms with Crippen LogP contribution in [0.4, 0.5) is 5.82 Å². The van der Waals surface area contributed by atoms with Crippen LogP contribution in [0.25, 0.3) is 10.7 Å². The Bertz CT molecular complexity index is 589. The van der Waals surface area contributed by atoms with Gasteiger partial charge in [0.25, 0.3) is 0 Å². The minimum atomic E-state index is 0.878. The van der Waals surface area contributed by atoms with Crippen LogP contribution in [0.2, 0.25) is 0 Å². The van der Waals surface area contributed by atoms with Crippen LogP contribution in [0.5, 0.6) is 0 Å². The molecule has 0 saturated heterocycles. The monoisotopic (exact) mass is 273 g/mol. The van der Waals surface area contributed by atoms with E-state index in [2.05, 4.69) is 24.4 Å². The number of anilines is 1. The Morgan fingerprint density at radius 3 is 2.68 bits per heavy atom. The number of thiophene rings is 1. The van der Waals surface area contributed by atoms with Gasteiger partial charge in [-0.05, 0) is 44.7 Å². The Morgan fingerprint density at radius 2 is 1.95 bits per heavy atom. The predicted octanol–water partition coefficient (Wildman–Crippen LogP) is 3.82. The second-order valence-electron chi connectivity index (χ2n) is 5.04. The number of aromatic nitrogens is 2. The molecular formula is C15H19N3S. The highest BCUT2D eigenvalue weighted by Crippen LogP contribution is 2.30. The Hall–Kier alpha value is -1.42. The second kappa shape index (κ2) is 5.29. The van der Waals surface area contributed by atoms with E-state index >= 15 is 0 Å². The number of rotatable bonds is 2. The minimum Gasteiger partial charge on any atom is -0.373 e. The first-order valence-corrected chi connectivity index (χ1v) is 7.74. The van der Waals surface area contributed by atoms with Gasteiger partial charge >= 0.3 is 0 Å². The molecule has 0 saturated carbocycles. The van der Waals surface area contributed by atoms with Crippen molar-refractivity contribution in [3.05, 3.63) is 28.3 Å². The first-order valence-electron chi connectivity index (χ1n) is 6.92. The molecule has 2 aromatic heterocycles. The van der Waals surface area contributed by atoms with E-state index < -0.39 is 0 Å². The summed E-state index contributed by atoms with van der Waals surface area (Å²) >= 11 is 1.76. The number of fused-ring (bicyclic) bond motifs is 1. The fourth-order valence-electron chi connectivity index (χ4n) is 2.64. The topological polar surface area (TPSA) is 37.8 Å².